The average Bonchev–Trinajstić information content (AvgIpc) is 2.49. The Hall–Kier alpha value is -1.62. The van der Waals surface area contributed by atoms with Gasteiger partial charge in [-0.15, -0.1) is 0 Å². The maximum atomic E-state index is 12.7. The molecule has 0 heterocycles. The quantitative estimate of drug-likeness (QED) is 0.846. The molecule has 0 bridgehead atoms. The maximum absolute atomic E-state index is 12.7. The van der Waals surface area contributed by atoms with Gasteiger partial charge in [0, 0.05) is 6.54 Å². The Balaban J connectivity index is 1.58. The van der Waals surface area contributed by atoms with E-state index in [2.05, 4.69) is 5.32 Å². The highest BCUT2D eigenvalue weighted by atomic mass is 19.1. The topological polar surface area (TPSA) is 58.6 Å². The van der Waals surface area contributed by atoms with Crippen molar-refractivity contribution in [1.29, 1.82) is 0 Å². The fourth-order valence-corrected chi connectivity index (χ4v) is 2.49. The number of carbonyl (C=O) groups excluding carboxylic acids is 1. The Labute approximate surface area is 124 Å². The van der Waals surface area contributed by atoms with Crippen LogP contribution in [0.25, 0.3) is 0 Å². The van der Waals surface area contributed by atoms with Gasteiger partial charge in [-0.2, -0.15) is 0 Å². The molecule has 21 heavy (non-hydrogen) atoms. The number of benzene rings is 1. The molecule has 0 unspecified atom stereocenters. The van der Waals surface area contributed by atoms with Crippen LogP contribution in [0.1, 0.15) is 32.1 Å². The molecule has 0 spiro atoms. The molecule has 2 N–H and O–H groups in total. The van der Waals surface area contributed by atoms with E-state index in [9.17, 15) is 14.3 Å². The van der Waals surface area contributed by atoms with Crippen LogP contribution in [0, 0.1) is 11.7 Å². The SMILES string of the molecule is O=C(CCOc1ccc(F)cc1)NCC1CCC(O)CC1. The third kappa shape index (κ3) is 5.71. The van der Waals surface area contributed by atoms with Gasteiger partial charge in [-0.3, -0.25) is 4.79 Å². The zero-order valence-electron chi connectivity index (χ0n) is 12.1. The highest BCUT2D eigenvalue weighted by molar-refractivity contribution is 5.75. The lowest BCUT2D eigenvalue weighted by molar-refractivity contribution is -0.121. The summed E-state index contributed by atoms with van der Waals surface area (Å²) >= 11 is 0. The number of hydrogen-bond acceptors (Lipinski definition) is 3. The van der Waals surface area contributed by atoms with Crippen molar-refractivity contribution in [2.24, 2.45) is 5.92 Å². The second-order valence-corrected chi connectivity index (χ2v) is 5.53. The lowest BCUT2D eigenvalue weighted by Crippen LogP contribution is -2.32. The first kappa shape index (κ1) is 15.8. The van der Waals surface area contributed by atoms with E-state index in [-0.39, 0.29) is 30.9 Å². The van der Waals surface area contributed by atoms with Crippen LogP contribution < -0.4 is 10.1 Å². The molecular formula is C16H22FNO3. The van der Waals surface area contributed by atoms with Gasteiger partial charge in [-0.05, 0) is 55.9 Å². The monoisotopic (exact) mass is 295 g/mol. The minimum atomic E-state index is -0.308. The summed E-state index contributed by atoms with van der Waals surface area (Å²) in [5.74, 6) is 0.682. The molecule has 5 heteroatoms. The number of hydrogen-bond donors (Lipinski definition) is 2. The number of aliphatic hydroxyl groups is 1. The third-order valence-corrected chi connectivity index (χ3v) is 3.82. The lowest BCUT2D eigenvalue weighted by atomic mass is 9.87. The highest BCUT2D eigenvalue weighted by Crippen LogP contribution is 2.23. The number of amides is 1. The Morgan fingerprint density at radius 3 is 2.57 bits per heavy atom. The first-order chi connectivity index (χ1) is 10.1. The van der Waals surface area contributed by atoms with Crippen molar-refractivity contribution >= 4 is 5.91 Å². The Morgan fingerprint density at radius 2 is 1.90 bits per heavy atom. The summed E-state index contributed by atoms with van der Waals surface area (Å²) in [4.78, 5) is 11.7. The van der Waals surface area contributed by atoms with Gasteiger partial charge in [0.05, 0.1) is 19.1 Å². The van der Waals surface area contributed by atoms with Crippen molar-refractivity contribution < 1.29 is 19.0 Å². The second kappa shape index (κ2) is 7.98. The first-order valence-corrected chi connectivity index (χ1v) is 7.46. The summed E-state index contributed by atoms with van der Waals surface area (Å²) in [7, 11) is 0. The molecule has 116 valence electrons. The smallest absolute Gasteiger partial charge is 0.223 e. The van der Waals surface area contributed by atoms with Crippen LogP contribution in [0.4, 0.5) is 4.39 Å². The lowest BCUT2D eigenvalue weighted by Gasteiger charge is -2.25. The van der Waals surface area contributed by atoms with Gasteiger partial charge in [0.2, 0.25) is 5.91 Å². The van der Waals surface area contributed by atoms with E-state index < -0.39 is 0 Å². The zero-order chi connectivity index (χ0) is 15.1. The summed E-state index contributed by atoms with van der Waals surface area (Å²) in [5, 5.41) is 12.3. The van der Waals surface area contributed by atoms with Gasteiger partial charge >= 0.3 is 0 Å². The second-order valence-electron chi connectivity index (χ2n) is 5.53. The van der Waals surface area contributed by atoms with Gasteiger partial charge in [-0.1, -0.05) is 0 Å². The van der Waals surface area contributed by atoms with Crippen LogP contribution in [0.15, 0.2) is 24.3 Å². The third-order valence-electron chi connectivity index (χ3n) is 3.82. The van der Waals surface area contributed by atoms with E-state index in [1.807, 2.05) is 0 Å². The summed E-state index contributed by atoms with van der Waals surface area (Å²) < 4.78 is 18.1. The number of carbonyl (C=O) groups is 1. The molecule has 1 amide bonds. The molecule has 1 fully saturated rings. The van der Waals surface area contributed by atoms with Gasteiger partial charge in [0.25, 0.3) is 0 Å². The number of aliphatic hydroxyl groups excluding tert-OH is 1. The number of ether oxygens (including phenoxy) is 1. The minimum Gasteiger partial charge on any atom is -0.493 e. The number of halogens is 1. The fraction of sp³-hybridized carbons (Fsp3) is 0.562. The van der Waals surface area contributed by atoms with Crippen LogP contribution >= 0.6 is 0 Å². The van der Waals surface area contributed by atoms with E-state index in [1.54, 1.807) is 12.1 Å². The van der Waals surface area contributed by atoms with Gasteiger partial charge < -0.3 is 15.2 Å². The van der Waals surface area contributed by atoms with Crippen molar-refractivity contribution in [3.8, 4) is 5.75 Å². The first-order valence-electron chi connectivity index (χ1n) is 7.46. The van der Waals surface area contributed by atoms with Crippen molar-refractivity contribution in [1.82, 2.24) is 5.32 Å². The molecule has 1 aromatic carbocycles. The standard InChI is InChI=1S/C16H22FNO3/c17-13-3-7-15(8-4-13)21-10-9-16(20)18-11-12-1-5-14(19)6-2-12/h3-4,7-8,12,14,19H,1-2,5-6,9-11H2,(H,18,20). The van der Waals surface area contributed by atoms with Gasteiger partial charge in [0.1, 0.15) is 11.6 Å². The molecule has 2 rings (SSSR count). The largest absolute Gasteiger partial charge is 0.493 e. The van der Waals surface area contributed by atoms with E-state index >= 15 is 0 Å². The van der Waals surface area contributed by atoms with Crippen molar-refractivity contribution in [3.63, 3.8) is 0 Å². The molecule has 4 nitrogen and oxygen atoms in total. The average molecular weight is 295 g/mol. The molecule has 1 aliphatic carbocycles. The number of rotatable bonds is 6. The van der Waals surface area contributed by atoms with E-state index in [4.69, 9.17) is 4.74 Å². The summed E-state index contributed by atoms with van der Waals surface area (Å²) in [6.07, 6.45) is 3.71. The van der Waals surface area contributed by atoms with Crippen LogP contribution in [-0.4, -0.2) is 30.3 Å². The van der Waals surface area contributed by atoms with E-state index in [0.717, 1.165) is 25.7 Å². The van der Waals surface area contributed by atoms with Gasteiger partial charge in [-0.25, -0.2) is 4.39 Å². The van der Waals surface area contributed by atoms with Crippen molar-refractivity contribution in [2.75, 3.05) is 13.2 Å². The van der Waals surface area contributed by atoms with E-state index in [0.29, 0.717) is 18.2 Å². The Bertz CT molecular complexity index is 441. The number of nitrogens with one attached hydrogen (secondary N) is 1. The van der Waals surface area contributed by atoms with Crippen molar-refractivity contribution in [3.05, 3.63) is 30.1 Å². The Kier molecular flexibility index (Phi) is 5.99. The molecule has 0 radical (unpaired) electrons. The zero-order valence-corrected chi connectivity index (χ0v) is 12.1. The minimum absolute atomic E-state index is 0.0387. The molecule has 1 aliphatic rings. The highest BCUT2D eigenvalue weighted by Gasteiger charge is 2.19. The molecule has 1 aromatic rings. The van der Waals surface area contributed by atoms with Crippen LogP contribution in [0.3, 0.4) is 0 Å². The van der Waals surface area contributed by atoms with Crippen LogP contribution in [-0.2, 0) is 4.79 Å². The molecule has 0 aromatic heterocycles. The Morgan fingerprint density at radius 1 is 1.24 bits per heavy atom. The van der Waals surface area contributed by atoms with Crippen molar-refractivity contribution in [2.45, 2.75) is 38.2 Å². The predicted molar refractivity (Wildman–Crippen MR) is 77.5 cm³/mol. The normalized spacial score (nSPS) is 21.8. The molecule has 0 saturated heterocycles. The maximum Gasteiger partial charge on any atom is 0.223 e. The predicted octanol–water partition coefficient (Wildman–Crippen LogP) is 2.26. The molecule has 1 saturated carbocycles. The molecule has 0 atom stereocenters. The summed E-state index contributed by atoms with van der Waals surface area (Å²) in [6, 6.07) is 5.74. The van der Waals surface area contributed by atoms with E-state index in [1.165, 1.54) is 12.1 Å². The summed E-state index contributed by atoms with van der Waals surface area (Å²) in [6.45, 7) is 0.947. The van der Waals surface area contributed by atoms with Crippen LogP contribution in [0.5, 0.6) is 5.75 Å². The summed E-state index contributed by atoms with van der Waals surface area (Å²) in [5.41, 5.74) is 0. The van der Waals surface area contributed by atoms with Gasteiger partial charge in [0.15, 0.2) is 0 Å². The van der Waals surface area contributed by atoms with Crippen LogP contribution in [0.2, 0.25) is 0 Å². The fourth-order valence-electron chi connectivity index (χ4n) is 2.49. The molecule has 0 aliphatic heterocycles. The molecular weight excluding hydrogens is 273 g/mol.